The fourth-order valence-electron chi connectivity index (χ4n) is 2.58. The van der Waals surface area contributed by atoms with Gasteiger partial charge in [-0.25, -0.2) is 0 Å². The topological polar surface area (TPSA) is 30.5 Å². The Bertz CT molecular complexity index is 416. The van der Waals surface area contributed by atoms with Crippen LogP contribution in [0.3, 0.4) is 0 Å². The van der Waals surface area contributed by atoms with Crippen LogP contribution in [0.2, 0.25) is 5.02 Å². The van der Waals surface area contributed by atoms with Crippen molar-refractivity contribution in [1.29, 1.82) is 0 Å². The molecule has 0 aliphatic carbocycles. The molecular formula is C13H16ClNO2. The Labute approximate surface area is 106 Å². The first-order valence-corrected chi connectivity index (χ1v) is 6.50. The molecule has 92 valence electrons. The molecule has 0 aromatic heterocycles. The normalized spacial score (nSPS) is 22.8. The molecule has 1 aromatic rings. The highest BCUT2D eigenvalue weighted by molar-refractivity contribution is 6.31. The maximum Gasteiger partial charge on any atom is 0.231 e. The van der Waals surface area contributed by atoms with Gasteiger partial charge >= 0.3 is 0 Å². The van der Waals surface area contributed by atoms with Gasteiger partial charge in [-0.05, 0) is 50.4 Å². The van der Waals surface area contributed by atoms with Crippen LogP contribution in [0.5, 0.6) is 11.5 Å². The predicted octanol–water partition coefficient (Wildman–Crippen LogP) is 2.61. The van der Waals surface area contributed by atoms with Gasteiger partial charge in [-0.3, -0.25) is 0 Å². The minimum Gasteiger partial charge on any atom is -0.454 e. The average Bonchev–Trinajstić information content (AvgIpc) is 2.83. The molecule has 2 aliphatic heterocycles. The lowest BCUT2D eigenvalue weighted by Gasteiger charge is -2.23. The van der Waals surface area contributed by atoms with E-state index >= 15 is 0 Å². The van der Waals surface area contributed by atoms with Gasteiger partial charge in [0, 0.05) is 10.6 Å². The lowest BCUT2D eigenvalue weighted by atomic mass is 9.92. The van der Waals surface area contributed by atoms with Gasteiger partial charge in [0.15, 0.2) is 11.5 Å². The van der Waals surface area contributed by atoms with E-state index in [9.17, 15) is 0 Å². The third-order valence-electron chi connectivity index (χ3n) is 3.48. The molecule has 0 bridgehead atoms. The highest BCUT2D eigenvalue weighted by atomic mass is 35.5. The Morgan fingerprint density at radius 2 is 2.29 bits per heavy atom. The summed E-state index contributed by atoms with van der Waals surface area (Å²) in [5.74, 6) is 2.33. The summed E-state index contributed by atoms with van der Waals surface area (Å²) < 4.78 is 10.9. The Hall–Kier alpha value is -0.930. The van der Waals surface area contributed by atoms with Crippen molar-refractivity contribution in [1.82, 2.24) is 5.32 Å². The smallest absolute Gasteiger partial charge is 0.231 e. The summed E-state index contributed by atoms with van der Waals surface area (Å²) in [6.45, 7) is 2.52. The Kier molecular flexibility index (Phi) is 3.12. The van der Waals surface area contributed by atoms with E-state index in [4.69, 9.17) is 21.1 Å². The van der Waals surface area contributed by atoms with E-state index in [0.717, 1.165) is 41.6 Å². The fraction of sp³-hybridized carbons (Fsp3) is 0.538. The van der Waals surface area contributed by atoms with Crippen molar-refractivity contribution in [3.63, 3.8) is 0 Å². The summed E-state index contributed by atoms with van der Waals surface area (Å²) in [7, 11) is 0. The first-order valence-electron chi connectivity index (χ1n) is 6.12. The van der Waals surface area contributed by atoms with Crippen molar-refractivity contribution >= 4 is 11.6 Å². The summed E-state index contributed by atoms with van der Waals surface area (Å²) in [6.07, 6.45) is 3.47. The molecule has 4 heteroatoms. The number of ether oxygens (including phenoxy) is 2. The van der Waals surface area contributed by atoms with Gasteiger partial charge in [-0.2, -0.15) is 0 Å². The molecule has 0 radical (unpaired) electrons. The second-order valence-electron chi connectivity index (χ2n) is 4.68. The molecule has 1 N–H and O–H groups in total. The first kappa shape index (κ1) is 11.2. The SMILES string of the molecule is Clc1ccc2c(c1CC1CCCNC1)OCO2. The highest BCUT2D eigenvalue weighted by Gasteiger charge is 2.23. The van der Waals surface area contributed by atoms with Gasteiger partial charge in [0.1, 0.15) is 0 Å². The van der Waals surface area contributed by atoms with Crippen molar-refractivity contribution in [3.8, 4) is 11.5 Å². The van der Waals surface area contributed by atoms with Gasteiger partial charge < -0.3 is 14.8 Å². The van der Waals surface area contributed by atoms with Crippen LogP contribution < -0.4 is 14.8 Å². The summed E-state index contributed by atoms with van der Waals surface area (Å²) in [5, 5.41) is 4.22. The van der Waals surface area contributed by atoms with E-state index < -0.39 is 0 Å². The van der Waals surface area contributed by atoms with E-state index in [-0.39, 0.29) is 0 Å². The number of halogens is 1. The van der Waals surface area contributed by atoms with Crippen molar-refractivity contribution < 1.29 is 9.47 Å². The number of piperidine rings is 1. The van der Waals surface area contributed by atoms with Crippen molar-refractivity contribution in [3.05, 3.63) is 22.7 Å². The quantitative estimate of drug-likeness (QED) is 0.879. The van der Waals surface area contributed by atoms with E-state index in [2.05, 4.69) is 5.32 Å². The summed E-state index contributed by atoms with van der Waals surface area (Å²) in [5.41, 5.74) is 1.11. The molecule has 17 heavy (non-hydrogen) atoms. The predicted molar refractivity (Wildman–Crippen MR) is 66.9 cm³/mol. The lowest BCUT2D eigenvalue weighted by Crippen LogP contribution is -2.30. The molecule has 2 aliphatic rings. The zero-order valence-electron chi connectivity index (χ0n) is 9.67. The van der Waals surface area contributed by atoms with Crippen LogP contribution in [0.1, 0.15) is 18.4 Å². The maximum atomic E-state index is 6.27. The summed E-state index contributed by atoms with van der Waals surface area (Å²) >= 11 is 6.27. The van der Waals surface area contributed by atoms with Crippen LogP contribution in [0, 0.1) is 5.92 Å². The molecule has 2 heterocycles. The van der Waals surface area contributed by atoms with Gasteiger partial charge in [0.25, 0.3) is 0 Å². The molecule has 1 atom stereocenters. The molecule has 3 rings (SSSR count). The van der Waals surface area contributed by atoms with Gasteiger partial charge in [0.05, 0.1) is 0 Å². The maximum absolute atomic E-state index is 6.27. The van der Waals surface area contributed by atoms with Crippen molar-refractivity contribution in [2.24, 2.45) is 5.92 Å². The minimum absolute atomic E-state index is 0.311. The molecule has 0 amide bonds. The van der Waals surface area contributed by atoms with Gasteiger partial charge in [-0.15, -0.1) is 0 Å². The largest absolute Gasteiger partial charge is 0.454 e. The van der Waals surface area contributed by atoms with E-state index in [1.54, 1.807) is 0 Å². The van der Waals surface area contributed by atoms with E-state index in [0.29, 0.717) is 12.7 Å². The van der Waals surface area contributed by atoms with Crippen molar-refractivity contribution in [2.75, 3.05) is 19.9 Å². The third-order valence-corrected chi connectivity index (χ3v) is 3.83. The van der Waals surface area contributed by atoms with Gasteiger partial charge in [0.2, 0.25) is 6.79 Å². The van der Waals surface area contributed by atoms with E-state index in [1.165, 1.54) is 12.8 Å². The zero-order valence-corrected chi connectivity index (χ0v) is 10.4. The van der Waals surface area contributed by atoms with Crippen LogP contribution in [0.4, 0.5) is 0 Å². The second kappa shape index (κ2) is 4.75. The zero-order chi connectivity index (χ0) is 11.7. The second-order valence-corrected chi connectivity index (χ2v) is 5.08. The fourth-order valence-corrected chi connectivity index (χ4v) is 2.81. The lowest BCUT2D eigenvalue weighted by molar-refractivity contribution is 0.173. The standard InChI is InChI=1S/C13H16ClNO2/c14-11-3-4-12-13(17-8-16-12)10(11)6-9-2-1-5-15-7-9/h3-4,9,15H,1-2,5-8H2. The number of benzene rings is 1. The van der Waals surface area contributed by atoms with Crippen LogP contribution in [-0.2, 0) is 6.42 Å². The van der Waals surface area contributed by atoms with E-state index in [1.807, 2.05) is 12.1 Å². The number of hydrogen-bond donors (Lipinski definition) is 1. The summed E-state index contributed by atoms with van der Waals surface area (Å²) in [6, 6.07) is 3.79. The molecular weight excluding hydrogens is 238 g/mol. The molecule has 1 saturated heterocycles. The van der Waals surface area contributed by atoms with Gasteiger partial charge in [-0.1, -0.05) is 11.6 Å². The first-order chi connectivity index (χ1) is 8.34. The number of hydrogen-bond acceptors (Lipinski definition) is 3. The van der Waals surface area contributed by atoms with Crippen LogP contribution in [0.15, 0.2) is 12.1 Å². The van der Waals surface area contributed by atoms with Crippen LogP contribution >= 0.6 is 11.6 Å². The molecule has 0 saturated carbocycles. The summed E-state index contributed by atoms with van der Waals surface area (Å²) in [4.78, 5) is 0. The highest BCUT2D eigenvalue weighted by Crippen LogP contribution is 2.40. The van der Waals surface area contributed by atoms with Crippen molar-refractivity contribution in [2.45, 2.75) is 19.3 Å². The Balaban J connectivity index is 1.84. The number of rotatable bonds is 2. The third kappa shape index (κ3) is 2.22. The average molecular weight is 254 g/mol. The molecule has 0 spiro atoms. The minimum atomic E-state index is 0.311. The number of fused-ring (bicyclic) bond motifs is 1. The molecule has 1 unspecified atom stereocenters. The Morgan fingerprint density at radius 1 is 1.35 bits per heavy atom. The number of nitrogens with one attached hydrogen (secondary N) is 1. The molecule has 3 nitrogen and oxygen atoms in total. The monoisotopic (exact) mass is 253 g/mol. The van der Waals surface area contributed by atoms with Crippen LogP contribution in [0.25, 0.3) is 0 Å². The molecule has 1 fully saturated rings. The van der Waals surface area contributed by atoms with Crippen LogP contribution in [-0.4, -0.2) is 19.9 Å². The molecule has 1 aromatic carbocycles. The Morgan fingerprint density at radius 3 is 3.12 bits per heavy atom.